The maximum Gasteiger partial charge on any atom is 0.254 e. The summed E-state index contributed by atoms with van der Waals surface area (Å²) in [4.78, 5) is 32.5. The van der Waals surface area contributed by atoms with Gasteiger partial charge in [-0.2, -0.15) is 0 Å². The summed E-state index contributed by atoms with van der Waals surface area (Å²) in [5.74, 6) is 0.0267. The fraction of sp³-hybridized carbons (Fsp3) is 0.680. The van der Waals surface area contributed by atoms with Crippen LogP contribution in [0, 0.1) is 11.7 Å². The van der Waals surface area contributed by atoms with E-state index >= 15 is 0 Å². The number of amides is 2. The Morgan fingerprint density at radius 1 is 0.969 bits per heavy atom. The number of benzene rings is 1. The minimum Gasteiger partial charge on any atom is -0.353 e. The van der Waals surface area contributed by atoms with E-state index in [1.165, 1.54) is 44.2 Å². The molecule has 0 bridgehead atoms. The highest BCUT2D eigenvalue weighted by Crippen LogP contribution is 2.31. The smallest absolute Gasteiger partial charge is 0.254 e. The van der Waals surface area contributed by atoms with Crippen molar-refractivity contribution in [3.05, 3.63) is 35.6 Å². The van der Waals surface area contributed by atoms with E-state index in [1.54, 1.807) is 17.0 Å². The Morgan fingerprint density at radius 3 is 2.38 bits per heavy atom. The van der Waals surface area contributed by atoms with Crippen LogP contribution >= 0.6 is 0 Å². The molecule has 0 radical (unpaired) electrons. The van der Waals surface area contributed by atoms with Gasteiger partial charge in [0.05, 0.1) is 6.04 Å². The van der Waals surface area contributed by atoms with Gasteiger partial charge in [0.25, 0.3) is 5.91 Å². The summed E-state index contributed by atoms with van der Waals surface area (Å²) in [5, 5.41) is 3.23. The number of carbonyl (C=O) groups is 2. The molecule has 1 aromatic carbocycles. The molecule has 0 aromatic heterocycles. The lowest BCUT2D eigenvalue weighted by Gasteiger charge is -2.41. The third kappa shape index (κ3) is 5.87. The highest BCUT2D eigenvalue weighted by Gasteiger charge is 2.37. The Kier molecular flexibility index (Phi) is 8.14. The molecule has 2 saturated heterocycles. The van der Waals surface area contributed by atoms with Gasteiger partial charge in [0.1, 0.15) is 5.82 Å². The summed E-state index contributed by atoms with van der Waals surface area (Å²) in [7, 11) is 0. The Labute approximate surface area is 191 Å². The van der Waals surface area contributed by atoms with Crippen molar-refractivity contribution in [3.8, 4) is 0 Å². The van der Waals surface area contributed by atoms with Gasteiger partial charge < -0.3 is 15.1 Å². The van der Waals surface area contributed by atoms with Gasteiger partial charge in [-0.15, -0.1) is 0 Å². The van der Waals surface area contributed by atoms with Crippen molar-refractivity contribution in [1.29, 1.82) is 0 Å². The molecular weight excluding hydrogens is 407 g/mol. The van der Waals surface area contributed by atoms with Gasteiger partial charge >= 0.3 is 0 Å². The summed E-state index contributed by atoms with van der Waals surface area (Å²) in [6, 6.07) is 5.78. The zero-order valence-corrected chi connectivity index (χ0v) is 19.1. The Balaban J connectivity index is 1.32. The van der Waals surface area contributed by atoms with Crippen molar-refractivity contribution in [1.82, 2.24) is 20.0 Å². The predicted molar refractivity (Wildman–Crippen MR) is 123 cm³/mol. The van der Waals surface area contributed by atoms with Crippen LogP contribution in [-0.2, 0) is 4.79 Å². The van der Waals surface area contributed by atoms with Crippen LogP contribution in [0.15, 0.2) is 24.3 Å². The van der Waals surface area contributed by atoms with Crippen LogP contribution in [0.3, 0.4) is 0 Å². The molecule has 7 heteroatoms. The Bertz CT molecular complexity index is 769. The van der Waals surface area contributed by atoms with Crippen molar-refractivity contribution < 1.29 is 14.0 Å². The molecule has 0 spiro atoms. The van der Waals surface area contributed by atoms with Crippen molar-refractivity contribution in [3.63, 3.8) is 0 Å². The summed E-state index contributed by atoms with van der Waals surface area (Å²) < 4.78 is 13.5. The van der Waals surface area contributed by atoms with Crippen LogP contribution in [0.2, 0.25) is 0 Å². The molecule has 1 atom stereocenters. The molecule has 2 aliphatic heterocycles. The van der Waals surface area contributed by atoms with Gasteiger partial charge in [0.15, 0.2) is 0 Å². The van der Waals surface area contributed by atoms with E-state index in [4.69, 9.17) is 0 Å². The molecule has 1 aliphatic carbocycles. The van der Waals surface area contributed by atoms with Crippen LogP contribution in [0.5, 0.6) is 0 Å². The molecule has 3 fully saturated rings. The minimum absolute atomic E-state index is 0.106. The number of nitrogens with one attached hydrogen (secondary N) is 1. The first kappa shape index (κ1) is 23.2. The third-order valence-corrected chi connectivity index (χ3v) is 7.36. The van der Waals surface area contributed by atoms with Crippen molar-refractivity contribution in [2.45, 2.75) is 51.0 Å². The second-order valence-electron chi connectivity index (χ2n) is 9.52. The minimum atomic E-state index is -0.392. The number of rotatable bonds is 7. The Morgan fingerprint density at radius 2 is 1.69 bits per heavy atom. The first-order valence-electron chi connectivity index (χ1n) is 12.4. The van der Waals surface area contributed by atoms with Gasteiger partial charge in [0, 0.05) is 44.8 Å². The number of nitrogens with zero attached hydrogens (tertiary/aromatic N) is 3. The van der Waals surface area contributed by atoms with Gasteiger partial charge in [-0.25, -0.2) is 4.39 Å². The van der Waals surface area contributed by atoms with Crippen LogP contribution < -0.4 is 5.32 Å². The van der Waals surface area contributed by atoms with Crippen molar-refractivity contribution in [2.24, 2.45) is 5.92 Å². The lowest BCUT2D eigenvalue weighted by molar-refractivity contribution is -0.129. The highest BCUT2D eigenvalue weighted by atomic mass is 19.1. The number of carbonyl (C=O) groups excluding carboxylic acids is 2. The Hall–Kier alpha value is -1.99. The number of piperidine rings is 1. The maximum absolute atomic E-state index is 13.5. The average molecular weight is 445 g/mol. The predicted octanol–water partition coefficient (Wildman–Crippen LogP) is 2.74. The number of likely N-dealkylation sites (tertiary alicyclic amines) is 1. The fourth-order valence-electron chi connectivity index (χ4n) is 5.58. The number of halogens is 1. The molecule has 2 amide bonds. The number of hydrogen-bond acceptors (Lipinski definition) is 4. The van der Waals surface area contributed by atoms with E-state index in [9.17, 15) is 14.0 Å². The van der Waals surface area contributed by atoms with Gasteiger partial charge in [-0.3, -0.25) is 14.5 Å². The first-order chi connectivity index (χ1) is 15.6. The summed E-state index contributed by atoms with van der Waals surface area (Å²) in [6.45, 7) is 6.42. The van der Waals surface area contributed by atoms with E-state index in [0.29, 0.717) is 44.2 Å². The normalized spacial score (nSPS) is 22.1. The number of piperazine rings is 1. The van der Waals surface area contributed by atoms with E-state index in [-0.39, 0.29) is 17.9 Å². The van der Waals surface area contributed by atoms with Crippen LogP contribution in [0.25, 0.3) is 0 Å². The molecule has 32 heavy (non-hydrogen) atoms. The quantitative estimate of drug-likeness (QED) is 0.703. The lowest BCUT2D eigenvalue weighted by atomic mass is 9.95. The fourth-order valence-corrected chi connectivity index (χ4v) is 5.58. The average Bonchev–Trinajstić information content (AvgIpc) is 3.34. The molecule has 4 rings (SSSR count). The zero-order chi connectivity index (χ0) is 22.3. The van der Waals surface area contributed by atoms with E-state index in [2.05, 4.69) is 15.1 Å². The van der Waals surface area contributed by atoms with Gasteiger partial charge in [-0.1, -0.05) is 25.3 Å². The molecule has 1 N–H and O–H groups in total. The summed E-state index contributed by atoms with van der Waals surface area (Å²) in [5.41, 5.74) is 0.390. The molecule has 1 aromatic rings. The summed E-state index contributed by atoms with van der Waals surface area (Å²) >= 11 is 0. The third-order valence-electron chi connectivity index (χ3n) is 7.36. The molecule has 1 saturated carbocycles. The lowest BCUT2D eigenvalue weighted by Crippen LogP contribution is -2.58. The van der Waals surface area contributed by atoms with Gasteiger partial charge in [-0.05, 0) is 62.9 Å². The zero-order valence-electron chi connectivity index (χ0n) is 19.1. The molecule has 176 valence electrons. The second-order valence-corrected chi connectivity index (χ2v) is 9.52. The van der Waals surface area contributed by atoms with Crippen molar-refractivity contribution >= 4 is 11.8 Å². The van der Waals surface area contributed by atoms with Crippen molar-refractivity contribution in [2.75, 3.05) is 52.4 Å². The van der Waals surface area contributed by atoms with E-state index in [0.717, 1.165) is 32.5 Å². The van der Waals surface area contributed by atoms with E-state index in [1.807, 2.05) is 0 Å². The standard InChI is InChI=1S/C25H37FN4O2/c26-22-10-6-9-21(19-22)25(32)30-17-15-29(16-18-30)23(20-7-2-3-8-20)24(31)27-11-14-28-12-4-1-5-13-28/h6,9-10,19-20,23H,1-5,7-8,11-18H2,(H,27,31)/t23-/m0/s1. The van der Waals surface area contributed by atoms with Crippen LogP contribution in [0.1, 0.15) is 55.3 Å². The highest BCUT2D eigenvalue weighted by molar-refractivity contribution is 5.94. The van der Waals surface area contributed by atoms with Crippen LogP contribution in [0.4, 0.5) is 4.39 Å². The monoisotopic (exact) mass is 444 g/mol. The SMILES string of the molecule is O=C(NCCN1CCCCC1)[C@H](C1CCCC1)N1CCN(C(=O)c2cccc(F)c2)CC1. The topological polar surface area (TPSA) is 55.9 Å². The molecule has 0 unspecified atom stereocenters. The van der Waals surface area contributed by atoms with E-state index < -0.39 is 5.82 Å². The molecular formula is C25H37FN4O2. The number of hydrogen-bond donors (Lipinski definition) is 1. The maximum atomic E-state index is 13.5. The molecule has 6 nitrogen and oxygen atoms in total. The molecule has 3 aliphatic rings. The second kappa shape index (κ2) is 11.2. The van der Waals surface area contributed by atoms with Crippen LogP contribution in [-0.4, -0.2) is 84.9 Å². The summed E-state index contributed by atoms with van der Waals surface area (Å²) in [6.07, 6.45) is 8.44. The largest absolute Gasteiger partial charge is 0.353 e. The van der Waals surface area contributed by atoms with Gasteiger partial charge in [0.2, 0.25) is 5.91 Å². The first-order valence-corrected chi connectivity index (χ1v) is 12.4. The molecule has 2 heterocycles.